The van der Waals surface area contributed by atoms with Crippen LogP contribution in [0.2, 0.25) is 0 Å². The molecular weight excluding hydrogens is 570 g/mol. The summed E-state index contributed by atoms with van der Waals surface area (Å²) in [6.45, 7) is 0.923. The number of amides is 6. The maximum Gasteiger partial charge on any atom is 0.333 e. The fourth-order valence-electron chi connectivity index (χ4n) is 5.29. The topological polar surface area (TPSA) is 200 Å². The highest BCUT2D eigenvalue weighted by molar-refractivity contribution is 8.01. The van der Waals surface area contributed by atoms with Crippen LogP contribution in [0.3, 0.4) is 0 Å². The second-order valence-corrected chi connectivity index (χ2v) is 12.1. The molecule has 5 N–H and O–H groups in total. The number of carbonyl (C=O) groups excluding carboxylic acids is 6. The molecule has 0 spiro atoms. The molecule has 3 aliphatic heterocycles. The minimum atomic E-state index is -0.872. The number of carbonyl (C=O) groups is 7. The molecule has 0 unspecified atom stereocenters. The lowest BCUT2D eigenvalue weighted by Gasteiger charge is -2.32. The van der Waals surface area contributed by atoms with Crippen molar-refractivity contribution in [1.82, 2.24) is 26.3 Å². The first-order valence-corrected chi connectivity index (χ1v) is 15.7. The third kappa shape index (κ3) is 9.60. The van der Waals surface area contributed by atoms with E-state index in [1.54, 1.807) is 0 Å². The van der Waals surface area contributed by atoms with Crippen LogP contribution in [-0.2, 0) is 33.6 Å². The Morgan fingerprint density at radius 1 is 0.857 bits per heavy atom. The van der Waals surface area contributed by atoms with E-state index in [0.29, 0.717) is 81.7 Å². The highest BCUT2D eigenvalue weighted by Gasteiger charge is 2.57. The van der Waals surface area contributed by atoms with Crippen LogP contribution in [0.15, 0.2) is 0 Å². The standard InChI is InChI=1S/C27H41N5O9S/c33-19(28-15-7-2-4-11-23(38)41-32-20(34)12-13-21(32)35)9-3-1-8-16-29-25(39)27(14-6-5-10-22(36)37)24-18(17-42-27)30-26(40)31-24/h18,24H,1-17H2,(H,28,33)(H,29,39)(H,36,37)(H2,30,31,40)/t18-,24-,27-/m0/s1. The number of nitrogens with zero attached hydrogens (tertiary/aromatic N) is 1. The van der Waals surface area contributed by atoms with Crippen LogP contribution in [0.5, 0.6) is 0 Å². The van der Waals surface area contributed by atoms with Gasteiger partial charge in [-0.3, -0.25) is 24.0 Å². The first-order valence-electron chi connectivity index (χ1n) is 14.7. The third-order valence-corrected chi connectivity index (χ3v) is 9.23. The minimum Gasteiger partial charge on any atom is -0.481 e. The molecule has 3 fully saturated rings. The molecule has 14 nitrogen and oxygen atoms in total. The van der Waals surface area contributed by atoms with E-state index in [1.807, 2.05) is 0 Å². The first kappa shape index (κ1) is 33.1. The van der Waals surface area contributed by atoms with E-state index in [1.165, 1.54) is 11.8 Å². The zero-order valence-electron chi connectivity index (χ0n) is 23.7. The number of aliphatic carboxylic acids is 1. The Hall–Kier alpha value is -3.36. The van der Waals surface area contributed by atoms with Crippen molar-refractivity contribution in [1.29, 1.82) is 0 Å². The summed E-state index contributed by atoms with van der Waals surface area (Å²) in [6, 6.07) is -0.772. The lowest BCUT2D eigenvalue weighted by molar-refractivity contribution is -0.197. The van der Waals surface area contributed by atoms with Gasteiger partial charge >= 0.3 is 18.0 Å². The number of fused-ring (bicyclic) bond motifs is 1. The average molecular weight is 612 g/mol. The summed E-state index contributed by atoms with van der Waals surface area (Å²) in [7, 11) is 0. The zero-order chi connectivity index (χ0) is 30.5. The van der Waals surface area contributed by atoms with Crippen molar-refractivity contribution < 1.29 is 43.5 Å². The Kier molecular flexibility index (Phi) is 12.9. The van der Waals surface area contributed by atoms with Crippen LogP contribution < -0.4 is 21.3 Å². The molecule has 0 bridgehead atoms. The van der Waals surface area contributed by atoms with Gasteiger partial charge in [-0.05, 0) is 38.5 Å². The zero-order valence-corrected chi connectivity index (χ0v) is 24.6. The molecule has 0 aromatic carbocycles. The number of nitrogens with one attached hydrogen (secondary N) is 4. The first-order chi connectivity index (χ1) is 20.1. The van der Waals surface area contributed by atoms with E-state index in [9.17, 15) is 33.6 Å². The van der Waals surface area contributed by atoms with Gasteiger partial charge in [0.05, 0.1) is 12.1 Å². The minimum absolute atomic E-state index is 0.0398. The Morgan fingerprint density at radius 3 is 2.19 bits per heavy atom. The maximum absolute atomic E-state index is 13.3. The lowest BCUT2D eigenvalue weighted by Crippen LogP contribution is -2.56. The van der Waals surface area contributed by atoms with Crippen molar-refractivity contribution in [3.8, 4) is 0 Å². The fraction of sp³-hybridized carbons (Fsp3) is 0.741. The summed E-state index contributed by atoms with van der Waals surface area (Å²) in [5, 5.41) is 21.0. The average Bonchev–Trinajstić information content (AvgIpc) is 3.59. The molecule has 3 atom stereocenters. The predicted molar refractivity (Wildman–Crippen MR) is 151 cm³/mol. The maximum atomic E-state index is 13.3. The smallest absolute Gasteiger partial charge is 0.333 e. The van der Waals surface area contributed by atoms with Crippen molar-refractivity contribution in [2.75, 3.05) is 18.8 Å². The van der Waals surface area contributed by atoms with Gasteiger partial charge in [0.1, 0.15) is 4.75 Å². The Morgan fingerprint density at radius 2 is 1.50 bits per heavy atom. The Bertz CT molecular complexity index is 1030. The number of carboxylic acid groups (broad SMARTS) is 1. The molecule has 3 heterocycles. The largest absolute Gasteiger partial charge is 0.481 e. The normalized spacial score (nSPS) is 22.9. The van der Waals surface area contributed by atoms with Crippen molar-refractivity contribution >= 4 is 53.4 Å². The van der Waals surface area contributed by atoms with Crippen molar-refractivity contribution in [2.45, 2.75) is 107 Å². The molecule has 42 heavy (non-hydrogen) atoms. The van der Waals surface area contributed by atoms with Crippen LogP contribution >= 0.6 is 11.8 Å². The Balaban J connectivity index is 1.23. The molecule has 3 saturated heterocycles. The molecule has 0 aromatic rings. The van der Waals surface area contributed by atoms with Gasteiger partial charge in [0.25, 0.3) is 11.8 Å². The summed E-state index contributed by atoms with van der Waals surface area (Å²) >= 11 is 1.50. The van der Waals surface area contributed by atoms with E-state index < -0.39 is 28.5 Å². The molecule has 15 heteroatoms. The number of urea groups is 1. The molecule has 3 aliphatic rings. The van der Waals surface area contributed by atoms with E-state index in [4.69, 9.17) is 9.94 Å². The van der Waals surface area contributed by atoms with E-state index in [2.05, 4.69) is 21.3 Å². The van der Waals surface area contributed by atoms with Gasteiger partial charge in [-0.25, -0.2) is 9.59 Å². The molecular formula is C27H41N5O9S. The fourth-order valence-corrected chi connectivity index (χ4v) is 6.93. The molecule has 3 rings (SSSR count). The van der Waals surface area contributed by atoms with Crippen LogP contribution in [0, 0.1) is 0 Å². The monoisotopic (exact) mass is 611 g/mol. The molecule has 6 amide bonds. The Labute approximate surface area is 248 Å². The summed E-state index contributed by atoms with van der Waals surface area (Å²) in [4.78, 5) is 87.6. The summed E-state index contributed by atoms with van der Waals surface area (Å²) in [5.41, 5.74) is 0. The van der Waals surface area contributed by atoms with Gasteiger partial charge in [-0.1, -0.05) is 19.3 Å². The number of carboxylic acids is 1. The summed E-state index contributed by atoms with van der Waals surface area (Å²) in [5.74, 6) is -2.11. The molecule has 234 valence electrons. The van der Waals surface area contributed by atoms with Crippen LogP contribution in [-0.4, -0.2) is 87.4 Å². The number of hydrogen-bond donors (Lipinski definition) is 5. The quantitative estimate of drug-likeness (QED) is 0.0801. The predicted octanol–water partition coefficient (Wildman–Crippen LogP) is 1.13. The summed E-state index contributed by atoms with van der Waals surface area (Å²) < 4.78 is -0.839. The van der Waals surface area contributed by atoms with Crippen molar-refractivity contribution in [3.63, 3.8) is 0 Å². The van der Waals surface area contributed by atoms with Gasteiger partial charge in [0.2, 0.25) is 11.8 Å². The van der Waals surface area contributed by atoms with Gasteiger partial charge in [0.15, 0.2) is 0 Å². The van der Waals surface area contributed by atoms with Crippen molar-refractivity contribution in [3.05, 3.63) is 0 Å². The molecule has 0 saturated carbocycles. The van der Waals surface area contributed by atoms with E-state index in [0.717, 1.165) is 6.42 Å². The highest BCUT2D eigenvalue weighted by atomic mass is 32.2. The number of hydrogen-bond acceptors (Lipinski definition) is 9. The summed E-state index contributed by atoms with van der Waals surface area (Å²) in [6.07, 6.45) is 6.10. The molecule has 0 aliphatic carbocycles. The number of thioether (sulfide) groups is 1. The molecule has 0 aromatic heterocycles. The van der Waals surface area contributed by atoms with Crippen LogP contribution in [0.1, 0.15) is 89.9 Å². The highest BCUT2D eigenvalue weighted by Crippen LogP contribution is 2.44. The SMILES string of the molecule is O=C(O)CCCC[C@]1(C(=O)NCCCCCC(=O)NCCCCCC(=O)ON2C(=O)CCC2=O)SC[C@@H]2NC(=O)N[C@@H]21. The second-order valence-electron chi connectivity index (χ2n) is 10.8. The van der Waals surface area contributed by atoms with Crippen LogP contribution in [0.25, 0.3) is 0 Å². The van der Waals surface area contributed by atoms with Gasteiger partial charge in [-0.2, -0.15) is 0 Å². The van der Waals surface area contributed by atoms with Gasteiger partial charge in [0, 0.05) is 50.9 Å². The number of unbranched alkanes of at least 4 members (excludes halogenated alkanes) is 5. The second kappa shape index (κ2) is 16.3. The van der Waals surface area contributed by atoms with Crippen molar-refractivity contribution in [2.24, 2.45) is 0 Å². The molecule has 0 radical (unpaired) electrons. The number of imide groups is 1. The van der Waals surface area contributed by atoms with Gasteiger partial charge < -0.3 is 31.2 Å². The lowest BCUT2D eigenvalue weighted by atomic mass is 9.88. The van der Waals surface area contributed by atoms with E-state index >= 15 is 0 Å². The number of rotatable bonds is 19. The number of hydroxylamine groups is 2. The van der Waals surface area contributed by atoms with Gasteiger partial charge in [-0.15, -0.1) is 16.8 Å². The van der Waals surface area contributed by atoms with E-state index in [-0.39, 0.29) is 55.6 Å². The third-order valence-electron chi connectivity index (χ3n) is 7.55. The van der Waals surface area contributed by atoms with Crippen LogP contribution in [0.4, 0.5) is 4.79 Å².